The Kier molecular flexibility index (Phi) is 6.47. The molecule has 3 heterocycles. The molecule has 1 atom stereocenters. The zero-order chi connectivity index (χ0) is 26.3. The van der Waals surface area contributed by atoms with E-state index in [-0.39, 0.29) is 23.5 Å². The van der Waals surface area contributed by atoms with Crippen molar-refractivity contribution in [2.75, 3.05) is 6.61 Å². The number of allylic oxidation sites excluding steroid dienone is 1. The second kappa shape index (κ2) is 9.74. The van der Waals surface area contributed by atoms with Crippen LogP contribution in [0.2, 0.25) is 0 Å². The summed E-state index contributed by atoms with van der Waals surface area (Å²) < 4.78 is 40.3. The van der Waals surface area contributed by atoms with Crippen molar-refractivity contribution < 1.29 is 22.7 Å². The van der Waals surface area contributed by atoms with E-state index in [1.54, 1.807) is 32.1 Å². The molecular formula is C28H22F2N2O4S. The van der Waals surface area contributed by atoms with Crippen molar-refractivity contribution in [2.24, 2.45) is 4.99 Å². The van der Waals surface area contributed by atoms with Crippen LogP contribution in [0.4, 0.5) is 8.78 Å². The summed E-state index contributed by atoms with van der Waals surface area (Å²) in [6.45, 7) is 5.59. The lowest BCUT2D eigenvalue weighted by atomic mass is 9.95. The minimum atomic E-state index is -0.750. The predicted molar refractivity (Wildman–Crippen MR) is 136 cm³/mol. The van der Waals surface area contributed by atoms with E-state index in [2.05, 4.69) is 4.99 Å². The van der Waals surface area contributed by atoms with Crippen LogP contribution < -0.4 is 14.9 Å². The first-order chi connectivity index (χ1) is 17.8. The Morgan fingerprint density at radius 3 is 2.59 bits per heavy atom. The van der Waals surface area contributed by atoms with Gasteiger partial charge in [0, 0.05) is 12.1 Å². The summed E-state index contributed by atoms with van der Waals surface area (Å²) in [6.07, 6.45) is 1.55. The minimum Gasteiger partial charge on any atom is -0.463 e. The van der Waals surface area contributed by atoms with Gasteiger partial charge < -0.3 is 9.15 Å². The normalized spacial score (nSPS) is 15.5. The average molecular weight is 521 g/mol. The van der Waals surface area contributed by atoms with Crippen molar-refractivity contribution in [1.29, 1.82) is 0 Å². The number of nitrogens with zero attached hydrogens (tertiary/aromatic N) is 2. The summed E-state index contributed by atoms with van der Waals surface area (Å²) in [5.74, 6) is -1.44. The molecule has 2 aromatic heterocycles. The van der Waals surface area contributed by atoms with Crippen LogP contribution in [0, 0.1) is 18.6 Å². The fraction of sp³-hybridized carbons (Fsp3) is 0.179. The Labute approximate surface area is 214 Å². The molecule has 0 saturated heterocycles. The van der Waals surface area contributed by atoms with E-state index >= 15 is 0 Å². The molecule has 1 aliphatic rings. The van der Waals surface area contributed by atoms with Gasteiger partial charge in [0.25, 0.3) is 5.56 Å². The van der Waals surface area contributed by atoms with Crippen molar-refractivity contribution in [3.63, 3.8) is 0 Å². The minimum absolute atomic E-state index is 0.108. The summed E-state index contributed by atoms with van der Waals surface area (Å²) in [6, 6.07) is 13.3. The van der Waals surface area contributed by atoms with Crippen LogP contribution in [0.5, 0.6) is 0 Å². The largest absolute Gasteiger partial charge is 0.463 e. The topological polar surface area (TPSA) is 73.8 Å². The van der Waals surface area contributed by atoms with Gasteiger partial charge in [0.15, 0.2) is 4.80 Å². The molecular weight excluding hydrogens is 498 g/mol. The van der Waals surface area contributed by atoms with Crippen molar-refractivity contribution in [2.45, 2.75) is 26.8 Å². The number of rotatable bonds is 5. The van der Waals surface area contributed by atoms with Gasteiger partial charge in [-0.25, -0.2) is 18.6 Å². The van der Waals surface area contributed by atoms with E-state index < -0.39 is 23.6 Å². The molecule has 37 heavy (non-hydrogen) atoms. The number of thiazole rings is 1. The fourth-order valence-corrected chi connectivity index (χ4v) is 5.28. The Bertz CT molecular complexity index is 1730. The highest BCUT2D eigenvalue weighted by Gasteiger charge is 2.33. The van der Waals surface area contributed by atoms with Gasteiger partial charge in [-0.05, 0) is 50.6 Å². The average Bonchev–Trinajstić information content (AvgIpc) is 3.43. The molecule has 0 N–H and O–H groups in total. The van der Waals surface area contributed by atoms with Crippen molar-refractivity contribution in [3.8, 4) is 11.3 Å². The highest BCUT2D eigenvalue weighted by Crippen LogP contribution is 2.31. The number of hydrogen-bond acceptors (Lipinski definition) is 6. The van der Waals surface area contributed by atoms with Gasteiger partial charge in [-0.2, -0.15) is 0 Å². The number of benzene rings is 2. The van der Waals surface area contributed by atoms with Crippen LogP contribution >= 0.6 is 11.3 Å². The highest BCUT2D eigenvalue weighted by atomic mass is 32.1. The van der Waals surface area contributed by atoms with Crippen LogP contribution in [-0.2, 0) is 9.53 Å². The second-order valence-electron chi connectivity index (χ2n) is 8.54. The van der Waals surface area contributed by atoms with Gasteiger partial charge in [-0.15, -0.1) is 0 Å². The standard InChI is InChI=1S/C28H22F2N2O4S/c1-4-35-27(34)24-16(3)31-28-32(25(24)17-7-5-15(2)6-8-17)26(33)23(37-28)14-19-10-12-22(36-19)20-11-9-18(29)13-21(20)30/h5-14,25H,4H2,1-3H3/b23-14-/t25-/m1/s1. The molecule has 6 nitrogen and oxygen atoms in total. The molecule has 0 bridgehead atoms. The highest BCUT2D eigenvalue weighted by molar-refractivity contribution is 7.07. The summed E-state index contributed by atoms with van der Waals surface area (Å²) in [5, 5.41) is 0. The zero-order valence-corrected chi connectivity index (χ0v) is 21.1. The Hall–Kier alpha value is -4.11. The molecule has 0 radical (unpaired) electrons. The molecule has 188 valence electrons. The van der Waals surface area contributed by atoms with E-state index in [0.29, 0.717) is 26.4 Å². The maximum Gasteiger partial charge on any atom is 0.338 e. The quantitative estimate of drug-likeness (QED) is 0.359. The number of hydrogen-bond donors (Lipinski definition) is 0. The van der Waals surface area contributed by atoms with E-state index in [4.69, 9.17) is 9.15 Å². The van der Waals surface area contributed by atoms with Gasteiger partial charge in [0.2, 0.25) is 0 Å². The van der Waals surface area contributed by atoms with Gasteiger partial charge in [0.05, 0.1) is 34.0 Å². The zero-order valence-electron chi connectivity index (χ0n) is 20.2. The van der Waals surface area contributed by atoms with Crippen molar-refractivity contribution in [1.82, 2.24) is 4.57 Å². The third-order valence-corrected chi connectivity index (χ3v) is 6.99. The molecule has 0 amide bonds. The summed E-state index contributed by atoms with van der Waals surface area (Å²) in [4.78, 5) is 31.5. The number of halogens is 2. The summed E-state index contributed by atoms with van der Waals surface area (Å²) >= 11 is 1.16. The second-order valence-corrected chi connectivity index (χ2v) is 9.55. The summed E-state index contributed by atoms with van der Waals surface area (Å²) in [7, 11) is 0. The number of carbonyl (C=O) groups is 1. The third-order valence-electron chi connectivity index (χ3n) is 6.01. The first-order valence-corrected chi connectivity index (χ1v) is 12.4. The molecule has 0 fully saturated rings. The van der Waals surface area contributed by atoms with Crippen LogP contribution in [0.15, 0.2) is 80.1 Å². The molecule has 4 aromatic rings. The lowest BCUT2D eigenvalue weighted by molar-refractivity contribution is -0.139. The number of furan rings is 1. The molecule has 0 unspecified atom stereocenters. The number of ether oxygens (including phenoxy) is 1. The first-order valence-electron chi connectivity index (χ1n) is 11.6. The Morgan fingerprint density at radius 2 is 1.89 bits per heavy atom. The van der Waals surface area contributed by atoms with Gasteiger partial charge in [-0.1, -0.05) is 41.2 Å². The molecule has 5 rings (SSSR count). The lowest BCUT2D eigenvalue weighted by Crippen LogP contribution is -2.39. The number of fused-ring (bicyclic) bond motifs is 1. The van der Waals surface area contributed by atoms with Gasteiger partial charge in [0.1, 0.15) is 23.2 Å². The van der Waals surface area contributed by atoms with Crippen LogP contribution in [0.25, 0.3) is 17.4 Å². The molecule has 9 heteroatoms. The number of aromatic nitrogens is 1. The smallest absolute Gasteiger partial charge is 0.338 e. The predicted octanol–water partition coefficient (Wildman–Crippen LogP) is 4.64. The fourth-order valence-electron chi connectivity index (χ4n) is 4.25. The number of esters is 1. The molecule has 0 saturated carbocycles. The van der Waals surface area contributed by atoms with Crippen molar-refractivity contribution >= 4 is 23.4 Å². The van der Waals surface area contributed by atoms with Gasteiger partial charge >= 0.3 is 5.97 Å². The molecule has 2 aromatic carbocycles. The number of aryl methyl sites for hydroxylation is 1. The van der Waals surface area contributed by atoms with Crippen LogP contribution in [0.3, 0.4) is 0 Å². The SMILES string of the molecule is CCOC(=O)C1=C(C)N=c2s/c(=C\c3ccc(-c4ccc(F)cc4F)o3)c(=O)n2[C@@H]1c1ccc(C)cc1. The monoisotopic (exact) mass is 520 g/mol. The Morgan fingerprint density at radius 1 is 1.14 bits per heavy atom. The van der Waals surface area contributed by atoms with Gasteiger partial charge in [-0.3, -0.25) is 9.36 Å². The van der Waals surface area contributed by atoms with Crippen molar-refractivity contribution in [3.05, 3.63) is 114 Å². The van der Waals surface area contributed by atoms with E-state index in [0.717, 1.165) is 34.6 Å². The van der Waals surface area contributed by atoms with Crippen LogP contribution in [0.1, 0.15) is 36.8 Å². The maximum absolute atomic E-state index is 14.2. The molecule has 1 aliphatic heterocycles. The third kappa shape index (κ3) is 4.58. The maximum atomic E-state index is 14.2. The first kappa shape index (κ1) is 24.6. The lowest BCUT2D eigenvalue weighted by Gasteiger charge is -2.24. The Balaban J connectivity index is 1.63. The van der Waals surface area contributed by atoms with E-state index in [1.807, 2.05) is 31.2 Å². The summed E-state index contributed by atoms with van der Waals surface area (Å²) in [5.41, 5.74) is 2.33. The van der Waals surface area contributed by atoms with Crippen LogP contribution in [-0.4, -0.2) is 17.1 Å². The number of carbonyl (C=O) groups excluding carboxylic acids is 1. The molecule has 0 spiro atoms. The van der Waals surface area contributed by atoms with E-state index in [9.17, 15) is 18.4 Å². The van der Waals surface area contributed by atoms with E-state index in [1.165, 1.54) is 10.6 Å². The molecule has 0 aliphatic carbocycles.